The Morgan fingerprint density at radius 1 is 1.33 bits per heavy atom. The SMILES string of the molecule is Cc1c(NC(=O)CC2CCCN2)cccc1C(=O)N1CCSCC1. The summed E-state index contributed by atoms with van der Waals surface area (Å²) < 4.78 is 0. The molecule has 2 heterocycles. The second kappa shape index (κ2) is 8.03. The first kappa shape index (κ1) is 17.3. The number of nitrogens with one attached hydrogen (secondary N) is 2. The van der Waals surface area contributed by atoms with Gasteiger partial charge in [0.2, 0.25) is 5.91 Å². The third kappa shape index (κ3) is 4.11. The monoisotopic (exact) mass is 347 g/mol. The Bertz CT molecular complexity index is 608. The van der Waals surface area contributed by atoms with Crippen LogP contribution in [0.3, 0.4) is 0 Å². The van der Waals surface area contributed by atoms with Gasteiger partial charge in [0.1, 0.15) is 0 Å². The number of anilines is 1. The smallest absolute Gasteiger partial charge is 0.254 e. The van der Waals surface area contributed by atoms with Gasteiger partial charge in [0, 0.05) is 48.3 Å². The average Bonchev–Trinajstić information content (AvgIpc) is 3.10. The zero-order chi connectivity index (χ0) is 16.9. The van der Waals surface area contributed by atoms with Gasteiger partial charge in [-0.2, -0.15) is 11.8 Å². The molecular weight excluding hydrogens is 322 g/mol. The molecule has 0 aromatic heterocycles. The van der Waals surface area contributed by atoms with Crippen molar-refractivity contribution in [3.8, 4) is 0 Å². The number of hydrogen-bond acceptors (Lipinski definition) is 4. The third-order valence-corrected chi connectivity index (χ3v) is 5.67. The van der Waals surface area contributed by atoms with Crippen LogP contribution in [0.25, 0.3) is 0 Å². The molecule has 1 aromatic carbocycles. The largest absolute Gasteiger partial charge is 0.337 e. The van der Waals surface area contributed by atoms with Crippen molar-refractivity contribution in [2.75, 3.05) is 36.5 Å². The van der Waals surface area contributed by atoms with Gasteiger partial charge in [-0.1, -0.05) is 6.07 Å². The topological polar surface area (TPSA) is 61.4 Å². The first-order valence-corrected chi connectivity index (χ1v) is 9.80. The Balaban J connectivity index is 1.68. The van der Waals surface area contributed by atoms with Gasteiger partial charge in [-0.15, -0.1) is 0 Å². The van der Waals surface area contributed by atoms with Gasteiger partial charge in [-0.3, -0.25) is 9.59 Å². The van der Waals surface area contributed by atoms with Gasteiger partial charge >= 0.3 is 0 Å². The van der Waals surface area contributed by atoms with Crippen molar-refractivity contribution in [1.82, 2.24) is 10.2 Å². The average molecular weight is 347 g/mol. The lowest BCUT2D eigenvalue weighted by atomic mass is 10.0. The van der Waals surface area contributed by atoms with Crippen LogP contribution in [0.2, 0.25) is 0 Å². The highest BCUT2D eigenvalue weighted by molar-refractivity contribution is 7.99. The summed E-state index contributed by atoms with van der Waals surface area (Å²) in [6, 6.07) is 5.86. The summed E-state index contributed by atoms with van der Waals surface area (Å²) in [5, 5.41) is 6.32. The molecule has 6 heteroatoms. The molecule has 2 fully saturated rings. The highest BCUT2D eigenvalue weighted by atomic mass is 32.2. The second-order valence-electron chi connectivity index (χ2n) is 6.43. The van der Waals surface area contributed by atoms with Crippen LogP contribution in [-0.4, -0.2) is 53.9 Å². The van der Waals surface area contributed by atoms with Gasteiger partial charge in [0.25, 0.3) is 5.91 Å². The molecule has 2 aliphatic heterocycles. The fourth-order valence-electron chi connectivity index (χ4n) is 3.30. The van der Waals surface area contributed by atoms with Crippen molar-refractivity contribution in [2.45, 2.75) is 32.2 Å². The summed E-state index contributed by atoms with van der Waals surface area (Å²) in [4.78, 5) is 26.9. The summed E-state index contributed by atoms with van der Waals surface area (Å²) in [6.07, 6.45) is 2.67. The molecule has 2 N–H and O–H groups in total. The number of amides is 2. The van der Waals surface area contributed by atoms with Crippen LogP contribution >= 0.6 is 11.8 Å². The van der Waals surface area contributed by atoms with Gasteiger partial charge in [-0.05, 0) is 44.0 Å². The Hall–Kier alpha value is -1.53. The predicted octanol–water partition coefficient (Wildman–Crippen LogP) is 2.26. The standard InChI is InChI=1S/C18H25N3O2S/c1-13-15(18(23)21-8-10-24-11-9-21)5-2-6-16(13)20-17(22)12-14-4-3-7-19-14/h2,5-6,14,19H,3-4,7-12H2,1H3,(H,20,22). The zero-order valence-electron chi connectivity index (χ0n) is 14.1. The van der Waals surface area contributed by atoms with Gasteiger partial charge in [0.05, 0.1) is 0 Å². The van der Waals surface area contributed by atoms with E-state index in [-0.39, 0.29) is 17.9 Å². The summed E-state index contributed by atoms with van der Waals surface area (Å²) >= 11 is 1.89. The lowest BCUT2D eigenvalue weighted by Crippen LogP contribution is -2.38. The van der Waals surface area contributed by atoms with Crippen molar-refractivity contribution in [3.63, 3.8) is 0 Å². The van der Waals surface area contributed by atoms with Crippen molar-refractivity contribution >= 4 is 29.3 Å². The molecule has 1 unspecified atom stereocenters. The molecule has 0 spiro atoms. The summed E-state index contributed by atoms with van der Waals surface area (Å²) in [6.45, 7) is 4.50. The molecule has 0 aliphatic carbocycles. The summed E-state index contributed by atoms with van der Waals surface area (Å²) in [5.41, 5.74) is 2.29. The first-order chi connectivity index (χ1) is 11.6. The van der Waals surface area contributed by atoms with Gasteiger partial charge in [0.15, 0.2) is 0 Å². The van der Waals surface area contributed by atoms with Gasteiger partial charge < -0.3 is 15.5 Å². The van der Waals surface area contributed by atoms with Crippen molar-refractivity contribution in [3.05, 3.63) is 29.3 Å². The molecule has 0 bridgehead atoms. The summed E-state index contributed by atoms with van der Waals surface area (Å²) in [7, 11) is 0. The van der Waals surface area contributed by atoms with E-state index in [1.807, 2.05) is 41.8 Å². The maximum Gasteiger partial charge on any atom is 0.254 e. The molecule has 5 nitrogen and oxygen atoms in total. The highest BCUT2D eigenvalue weighted by Gasteiger charge is 2.22. The number of carbonyl (C=O) groups is 2. The molecular formula is C18H25N3O2S. The summed E-state index contributed by atoms with van der Waals surface area (Å²) in [5.74, 6) is 2.07. The minimum absolute atomic E-state index is 0.0106. The van der Waals surface area contributed by atoms with Crippen LogP contribution in [-0.2, 0) is 4.79 Å². The molecule has 130 valence electrons. The van der Waals surface area contributed by atoms with E-state index in [9.17, 15) is 9.59 Å². The predicted molar refractivity (Wildman–Crippen MR) is 98.7 cm³/mol. The first-order valence-electron chi connectivity index (χ1n) is 8.65. The Morgan fingerprint density at radius 3 is 2.83 bits per heavy atom. The van der Waals surface area contributed by atoms with Crippen molar-refractivity contribution in [2.24, 2.45) is 0 Å². The minimum atomic E-state index is 0.0106. The molecule has 24 heavy (non-hydrogen) atoms. The molecule has 0 radical (unpaired) electrons. The number of thioether (sulfide) groups is 1. The zero-order valence-corrected chi connectivity index (χ0v) is 15.0. The normalized spacial score (nSPS) is 20.9. The van der Waals surface area contributed by atoms with Crippen LogP contribution in [0.5, 0.6) is 0 Å². The Labute approximate surface area is 147 Å². The lowest BCUT2D eigenvalue weighted by molar-refractivity contribution is -0.116. The Morgan fingerprint density at radius 2 is 2.12 bits per heavy atom. The number of benzene rings is 1. The third-order valence-electron chi connectivity index (χ3n) is 4.73. The van der Waals surface area contributed by atoms with Gasteiger partial charge in [-0.25, -0.2) is 0 Å². The number of nitrogens with zero attached hydrogens (tertiary/aromatic N) is 1. The van der Waals surface area contributed by atoms with E-state index in [0.717, 1.165) is 55.2 Å². The molecule has 2 amide bonds. The minimum Gasteiger partial charge on any atom is -0.337 e. The van der Waals surface area contributed by atoms with E-state index in [1.54, 1.807) is 0 Å². The molecule has 3 rings (SSSR count). The molecule has 0 saturated carbocycles. The second-order valence-corrected chi connectivity index (χ2v) is 7.65. The van der Waals surface area contributed by atoms with E-state index < -0.39 is 0 Å². The van der Waals surface area contributed by atoms with Crippen molar-refractivity contribution < 1.29 is 9.59 Å². The van der Waals surface area contributed by atoms with Crippen LogP contribution in [0.4, 0.5) is 5.69 Å². The Kier molecular flexibility index (Phi) is 5.79. The van der Waals surface area contributed by atoms with Crippen LogP contribution in [0.1, 0.15) is 35.2 Å². The highest BCUT2D eigenvalue weighted by Crippen LogP contribution is 2.22. The fraction of sp³-hybridized carbons (Fsp3) is 0.556. The quantitative estimate of drug-likeness (QED) is 0.877. The van der Waals surface area contributed by atoms with E-state index in [2.05, 4.69) is 10.6 Å². The molecule has 2 aliphatic rings. The molecule has 2 saturated heterocycles. The lowest BCUT2D eigenvalue weighted by Gasteiger charge is -2.27. The van der Waals surface area contributed by atoms with Crippen LogP contribution in [0.15, 0.2) is 18.2 Å². The van der Waals surface area contributed by atoms with Crippen LogP contribution < -0.4 is 10.6 Å². The maximum absolute atomic E-state index is 12.7. The van der Waals surface area contributed by atoms with E-state index in [0.29, 0.717) is 12.0 Å². The maximum atomic E-state index is 12.7. The molecule has 1 atom stereocenters. The van der Waals surface area contributed by atoms with E-state index in [4.69, 9.17) is 0 Å². The number of hydrogen-bond donors (Lipinski definition) is 2. The van der Waals surface area contributed by atoms with Crippen molar-refractivity contribution in [1.29, 1.82) is 0 Å². The van der Waals surface area contributed by atoms with E-state index >= 15 is 0 Å². The number of rotatable bonds is 4. The number of carbonyl (C=O) groups excluding carboxylic acids is 2. The van der Waals surface area contributed by atoms with Crippen LogP contribution in [0, 0.1) is 6.92 Å². The van der Waals surface area contributed by atoms with E-state index in [1.165, 1.54) is 0 Å². The molecule has 1 aromatic rings. The fourth-order valence-corrected chi connectivity index (χ4v) is 4.20.